The number of nitrogens with zero attached hydrogens (tertiary/aromatic N) is 4. The fourth-order valence-electron chi connectivity index (χ4n) is 2.32. The maximum atomic E-state index is 12.4. The van der Waals surface area contributed by atoms with Crippen LogP contribution in [0.3, 0.4) is 0 Å². The summed E-state index contributed by atoms with van der Waals surface area (Å²) in [6.07, 6.45) is 1.43. The van der Waals surface area contributed by atoms with Crippen molar-refractivity contribution in [3.05, 3.63) is 53.0 Å². The highest BCUT2D eigenvalue weighted by atomic mass is 16.5. The SMILES string of the molecule is Cn1c(-c2nc(-c3ccon3)no2)cc2ccccc2c1=O. The van der Waals surface area contributed by atoms with Crippen molar-refractivity contribution in [1.82, 2.24) is 19.9 Å². The maximum absolute atomic E-state index is 12.4. The van der Waals surface area contributed by atoms with Crippen LogP contribution < -0.4 is 5.56 Å². The summed E-state index contributed by atoms with van der Waals surface area (Å²) in [6, 6.07) is 10.8. The molecule has 0 aliphatic rings. The molecule has 3 heterocycles. The molecule has 0 aliphatic heterocycles. The van der Waals surface area contributed by atoms with E-state index in [1.165, 1.54) is 10.8 Å². The van der Waals surface area contributed by atoms with Crippen LogP contribution in [0.25, 0.3) is 33.9 Å². The Kier molecular flexibility index (Phi) is 2.65. The molecule has 4 rings (SSSR count). The number of pyridine rings is 1. The molecule has 0 spiro atoms. The highest BCUT2D eigenvalue weighted by molar-refractivity contribution is 5.84. The van der Waals surface area contributed by atoms with Crippen LogP contribution in [0.5, 0.6) is 0 Å². The number of hydrogen-bond donors (Lipinski definition) is 0. The molecule has 7 heteroatoms. The molecule has 108 valence electrons. The predicted molar refractivity (Wildman–Crippen MR) is 78.0 cm³/mol. The molecule has 0 bridgehead atoms. The molecule has 0 saturated carbocycles. The first kappa shape index (κ1) is 12.5. The van der Waals surface area contributed by atoms with Crippen molar-refractivity contribution in [2.24, 2.45) is 7.05 Å². The minimum absolute atomic E-state index is 0.116. The summed E-state index contributed by atoms with van der Waals surface area (Å²) in [5, 5.41) is 9.08. The van der Waals surface area contributed by atoms with Crippen LogP contribution in [0.2, 0.25) is 0 Å². The first-order valence-electron chi connectivity index (χ1n) is 6.57. The molecule has 0 N–H and O–H groups in total. The van der Waals surface area contributed by atoms with E-state index in [2.05, 4.69) is 15.3 Å². The molecule has 0 fully saturated rings. The summed E-state index contributed by atoms with van der Waals surface area (Å²) in [6.45, 7) is 0. The molecular formula is C15H10N4O3. The largest absolute Gasteiger partial charge is 0.364 e. The van der Waals surface area contributed by atoms with Gasteiger partial charge in [-0.25, -0.2) is 0 Å². The minimum Gasteiger partial charge on any atom is -0.364 e. The van der Waals surface area contributed by atoms with Gasteiger partial charge < -0.3 is 13.6 Å². The van der Waals surface area contributed by atoms with E-state index in [1.807, 2.05) is 24.3 Å². The molecule has 0 amide bonds. The first-order valence-corrected chi connectivity index (χ1v) is 6.57. The van der Waals surface area contributed by atoms with E-state index in [0.29, 0.717) is 22.6 Å². The van der Waals surface area contributed by atoms with E-state index in [1.54, 1.807) is 19.2 Å². The van der Waals surface area contributed by atoms with Crippen molar-refractivity contribution in [3.63, 3.8) is 0 Å². The van der Waals surface area contributed by atoms with Gasteiger partial charge in [0.15, 0.2) is 5.69 Å². The average Bonchev–Trinajstić information content (AvgIpc) is 3.21. The number of hydrogen-bond acceptors (Lipinski definition) is 6. The Morgan fingerprint density at radius 2 is 2.00 bits per heavy atom. The van der Waals surface area contributed by atoms with Crippen LogP contribution in [0.1, 0.15) is 0 Å². The van der Waals surface area contributed by atoms with Crippen molar-refractivity contribution < 1.29 is 9.05 Å². The summed E-state index contributed by atoms with van der Waals surface area (Å²) >= 11 is 0. The fourth-order valence-corrected chi connectivity index (χ4v) is 2.32. The highest BCUT2D eigenvalue weighted by Gasteiger charge is 2.16. The molecule has 0 aliphatic carbocycles. The van der Waals surface area contributed by atoms with Crippen LogP contribution in [0.15, 0.2) is 56.5 Å². The van der Waals surface area contributed by atoms with Gasteiger partial charge in [0.25, 0.3) is 11.4 Å². The van der Waals surface area contributed by atoms with E-state index in [0.717, 1.165) is 5.39 Å². The summed E-state index contributed by atoms with van der Waals surface area (Å²) in [5.74, 6) is 0.563. The van der Waals surface area contributed by atoms with Gasteiger partial charge >= 0.3 is 0 Å². The standard InChI is InChI=1S/C15H10N4O3/c1-19-12(8-9-4-2-3-5-10(9)15(19)20)14-16-13(18-22-14)11-6-7-21-17-11/h2-8H,1H3. The van der Waals surface area contributed by atoms with E-state index in [4.69, 9.17) is 9.05 Å². The quantitative estimate of drug-likeness (QED) is 0.563. The first-order chi connectivity index (χ1) is 10.7. The lowest BCUT2D eigenvalue weighted by molar-refractivity contribution is 0.416. The fraction of sp³-hybridized carbons (Fsp3) is 0.0667. The van der Waals surface area contributed by atoms with Crippen LogP contribution in [-0.2, 0) is 7.05 Å². The van der Waals surface area contributed by atoms with Crippen LogP contribution in [-0.4, -0.2) is 19.9 Å². The normalized spacial score (nSPS) is 11.1. The van der Waals surface area contributed by atoms with Crippen molar-refractivity contribution in [3.8, 4) is 23.1 Å². The molecule has 1 aromatic carbocycles. The Morgan fingerprint density at radius 1 is 1.14 bits per heavy atom. The summed E-state index contributed by atoms with van der Waals surface area (Å²) < 4.78 is 11.5. The summed E-state index contributed by atoms with van der Waals surface area (Å²) in [4.78, 5) is 16.7. The summed E-state index contributed by atoms with van der Waals surface area (Å²) in [7, 11) is 1.67. The van der Waals surface area contributed by atoms with E-state index < -0.39 is 0 Å². The third-order valence-electron chi connectivity index (χ3n) is 3.46. The summed E-state index contributed by atoms with van der Waals surface area (Å²) in [5.41, 5.74) is 0.904. The molecule has 22 heavy (non-hydrogen) atoms. The predicted octanol–water partition coefficient (Wildman–Crippen LogP) is 2.24. The van der Waals surface area contributed by atoms with Crippen molar-refractivity contribution in [2.45, 2.75) is 0 Å². The number of rotatable bonds is 2. The van der Waals surface area contributed by atoms with Crippen LogP contribution in [0, 0.1) is 0 Å². The Morgan fingerprint density at radius 3 is 2.82 bits per heavy atom. The van der Waals surface area contributed by atoms with Gasteiger partial charge in [-0.2, -0.15) is 4.98 Å². The van der Waals surface area contributed by atoms with Crippen LogP contribution in [0.4, 0.5) is 0 Å². The molecule has 0 unspecified atom stereocenters. The Hall–Kier alpha value is -3.22. The van der Waals surface area contributed by atoms with Gasteiger partial charge in [0, 0.05) is 18.5 Å². The number of benzene rings is 1. The van der Waals surface area contributed by atoms with Crippen molar-refractivity contribution in [2.75, 3.05) is 0 Å². The zero-order valence-corrected chi connectivity index (χ0v) is 11.6. The molecule has 4 aromatic rings. The van der Waals surface area contributed by atoms with Gasteiger partial charge in [-0.05, 0) is 17.5 Å². The molecule has 3 aromatic heterocycles. The van der Waals surface area contributed by atoms with E-state index in [-0.39, 0.29) is 11.4 Å². The zero-order chi connectivity index (χ0) is 15.1. The Labute approximate surface area is 123 Å². The number of aromatic nitrogens is 4. The van der Waals surface area contributed by atoms with E-state index in [9.17, 15) is 4.79 Å². The second kappa shape index (κ2) is 4.66. The molecule has 7 nitrogen and oxygen atoms in total. The maximum Gasteiger partial charge on any atom is 0.275 e. The van der Waals surface area contributed by atoms with Gasteiger partial charge in [0.1, 0.15) is 12.0 Å². The third kappa shape index (κ3) is 1.83. The van der Waals surface area contributed by atoms with Crippen LogP contribution >= 0.6 is 0 Å². The molecular weight excluding hydrogens is 284 g/mol. The minimum atomic E-state index is -0.116. The molecule has 0 saturated heterocycles. The van der Waals surface area contributed by atoms with Crippen molar-refractivity contribution >= 4 is 10.8 Å². The Bertz CT molecular complexity index is 1010. The second-order valence-electron chi connectivity index (χ2n) is 4.79. The van der Waals surface area contributed by atoms with Gasteiger partial charge in [0.05, 0.1) is 0 Å². The van der Waals surface area contributed by atoms with E-state index >= 15 is 0 Å². The van der Waals surface area contributed by atoms with Gasteiger partial charge in [-0.15, -0.1) is 0 Å². The molecule has 0 radical (unpaired) electrons. The van der Waals surface area contributed by atoms with Gasteiger partial charge in [0.2, 0.25) is 5.82 Å². The lowest BCUT2D eigenvalue weighted by atomic mass is 10.1. The molecule has 0 atom stereocenters. The number of fused-ring (bicyclic) bond motifs is 1. The zero-order valence-electron chi connectivity index (χ0n) is 11.6. The lowest BCUT2D eigenvalue weighted by Crippen LogP contribution is -2.18. The highest BCUT2D eigenvalue weighted by Crippen LogP contribution is 2.22. The van der Waals surface area contributed by atoms with Crippen molar-refractivity contribution in [1.29, 1.82) is 0 Å². The Balaban J connectivity index is 1.91. The third-order valence-corrected chi connectivity index (χ3v) is 3.46. The van der Waals surface area contributed by atoms with Gasteiger partial charge in [-0.1, -0.05) is 28.5 Å². The lowest BCUT2D eigenvalue weighted by Gasteiger charge is -2.06. The average molecular weight is 294 g/mol. The topological polar surface area (TPSA) is 86.9 Å². The monoisotopic (exact) mass is 294 g/mol. The second-order valence-corrected chi connectivity index (χ2v) is 4.79. The smallest absolute Gasteiger partial charge is 0.275 e. The van der Waals surface area contributed by atoms with Gasteiger partial charge in [-0.3, -0.25) is 4.79 Å².